The van der Waals surface area contributed by atoms with E-state index in [2.05, 4.69) is 90.9 Å². The molecule has 0 radical (unpaired) electrons. The molecule has 29 heavy (non-hydrogen) atoms. The minimum atomic E-state index is 0.923. The topological polar surface area (TPSA) is 18.1 Å². The van der Waals surface area contributed by atoms with E-state index in [0.717, 1.165) is 33.2 Å². The molecule has 6 rings (SSSR count). The Morgan fingerprint density at radius 3 is 2.21 bits per heavy atom. The third-order valence-corrected chi connectivity index (χ3v) is 5.91. The van der Waals surface area contributed by atoms with Gasteiger partial charge in [-0.2, -0.15) is 0 Å². The van der Waals surface area contributed by atoms with Gasteiger partial charge in [0, 0.05) is 27.2 Å². The fraction of sp³-hybridized carbons (Fsp3) is 0.0370. The van der Waals surface area contributed by atoms with Gasteiger partial charge >= 0.3 is 0 Å². The number of hydrogen-bond donors (Lipinski definition) is 0. The summed E-state index contributed by atoms with van der Waals surface area (Å²) in [5, 5.41) is 7.13. The molecule has 0 atom stereocenters. The van der Waals surface area contributed by atoms with E-state index in [0.29, 0.717) is 0 Å². The standard InChI is InChI=1S/C27H19NO/c1-3-17(4-2)28-22-15-9-7-13-20(22)25-26(28)19-12-6-5-11-18(19)24-21-14-8-10-16-23(21)29-27(24)25/h3-16H,1H2,2H3/b17-4+. The van der Waals surface area contributed by atoms with Crippen molar-refractivity contribution < 1.29 is 4.42 Å². The molecule has 0 fully saturated rings. The van der Waals surface area contributed by atoms with E-state index in [1.54, 1.807) is 0 Å². The molecule has 0 amide bonds. The normalized spacial score (nSPS) is 12.7. The van der Waals surface area contributed by atoms with Crippen LogP contribution in [0.1, 0.15) is 6.92 Å². The summed E-state index contributed by atoms with van der Waals surface area (Å²) in [6.07, 6.45) is 4.03. The Bertz CT molecular complexity index is 1620. The van der Waals surface area contributed by atoms with Gasteiger partial charge in [-0.1, -0.05) is 73.3 Å². The highest BCUT2D eigenvalue weighted by Gasteiger charge is 2.22. The van der Waals surface area contributed by atoms with Gasteiger partial charge in [0.05, 0.1) is 16.4 Å². The van der Waals surface area contributed by atoms with Gasteiger partial charge in [-0.25, -0.2) is 0 Å². The number of para-hydroxylation sites is 2. The van der Waals surface area contributed by atoms with E-state index < -0.39 is 0 Å². The molecule has 0 N–H and O–H groups in total. The van der Waals surface area contributed by atoms with Crippen LogP contribution in [0.25, 0.3) is 60.2 Å². The summed E-state index contributed by atoms with van der Waals surface area (Å²) in [5.41, 5.74) is 5.27. The number of rotatable bonds is 2. The molecule has 2 heteroatoms. The Kier molecular flexibility index (Phi) is 3.27. The van der Waals surface area contributed by atoms with Gasteiger partial charge in [-0.3, -0.25) is 0 Å². The number of allylic oxidation sites excluding steroid dienone is 3. The second-order valence-corrected chi connectivity index (χ2v) is 7.34. The van der Waals surface area contributed by atoms with E-state index in [4.69, 9.17) is 4.42 Å². The lowest BCUT2D eigenvalue weighted by molar-refractivity contribution is 0.673. The molecule has 0 aliphatic rings. The largest absolute Gasteiger partial charge is 0.455 e. The van der Waals surface area contributed by atoms with Crippen LogP contribution in [0.4, 0.5) is 0 Å². The first-order valence-electron chi connectivity index (χ1n) is 9.87. The molecule has 0 saturated heterocycles. The predicted octanol–water partition coefficient (Wildman–Crippen LogP) is 7.89. The van der Waals surface area contributed by atoms with Crippen molar-refractivity contribution >= 4 is 60.2 Å². The zero-order valence-corrected chi connectivity index (χ0v) is 16.1. The van der Waals surface area contributed by atoms with Crippen LogP contribution in [-0.4, -0.2) is 4.57 Å². The van der Waals surface area contributed by atoms with Crippen LogP contribution in [0.2, 0.25) is 0 Å². The molecule has 0 aliphatic heterocycles. The maximum Gasteiger partial charge on any atom is 0.146 e. The second-order valence-electron chi connectivity index (χ2n) is 7.34. The first kappa shape index (κ1) is 16.2. The minimum absolute atomic E-state index is 0.923. The minimum Gasteiger partial charge on any atom is -0.455 e. The fourth-order valence-electron chi connectivity index (χ4n) is 4.73. The monoisotopic (exact) mass is 373 g/mol. The lowest BCUT2D eigenvalue weighted by Gasteiger charge is -2.11. The highest BCUT2D eigenvalue weighted by molar-refractivity contribution is 6.35. The van der Waals surface area contributed by atoms with Crippen molar-refractivity contribution in [3.8, 4) is 0 Å². The number of furan rings is 1. The Morgan fingerprint density at radius 2 is 1.45 bits per heavy atom. The van der Waals surface area contributed by atoms with Gasteiger partial charge < -0.3 is 8.98 Å². The summed E-state index contributed by atoms with van der Waals surface area (Å²) in [5.74, 6) is 0. The third kappa shape index (κ3) is 2.01. The number of aromatic nitrogens is 1. The Morgan fingerprint density at radius 1 is 0.793 bits per heavy atom. The lowest BCUT2D eigenvalue weighted by atomic mass is 9.99. The molecule has 0 saturated carbocycles. The van der Waals surface area contributed by atoms with Gasteiger partial charge in [-0.15, -0.1) is 0 Å². The molecule has 4 aromatic carbocycles. The number of nitrogens with zero attached hydrogens (tertiary/aromatic N) is 1. The van der Waals surface area contributed by atoms with Gasteiger partial charge in [0.15, 0.2) is 0 Å². The van der Waals surface area contributed by atoms with E-state index in [1.807, 2.05) is 12.1 Å². The van der Waals surface area contributed by atoms with Crippen LogP contribution < -0.4 is 0 Å². The molecule has 2 aromatic heterocycles. The third-order valence-electron chi connectivity index (χ3n) is 5.91. The van der Waals surface area contributed by atoms with Crippen molar-refractivity contribution in [3.63, 3.8) is 0 Å². The van der Waals surface area contributed by atoms with E-state index in [-0.39, 0.29) is 0 Å². The molecule has 0 unspecified atom stereocenters. The van der Waals surface area contributed by atoms with Crippen molar-refractivity contribution in [2.24, 2.45) is 0 Å². The van der Waals surface area contributed by atoms with Gasteiger partial charge in [-0.05, 0) is 30.5 Å². The highest BCUT2D eigenvalue weighted by atomic mass is 16.3. The van der Waals surface area contributed by atoms with Crippen molar-refractivity contribution in [3.05, 3.63) is 91.5 Å². The van der Waals surface area contributed by atoms with Crippen molar-refractivity contribution in [1.82, 2.24) is 4.57 Å². The van der Waals surface area contributed by atoms with Crippen LogP contribution in [0.15, 0.2) is 95.9 Å². The van der Waals surface area contributed by atoms with Gasteiger partial charge in [0.2, 0.25) is 0 Å². The number of benzene rings is 4. The van der Waals surface area contributed by atoms with Crippen molar-refractivity contribution in [1.29, 1.82) is 0 Å². The fourth-order valence-corrected chi connectivity index (χ4v) is 4.73. The molecule has 0 aliphatic carbocycles. The van der Waals surface area contributed by atoms with Gasteiger partial charge in [0.1, 0.15) is 11.2 Å². The van der Waals surface area contributed by atoms with Crippen LogP contribution in [0, 0.1) is 0 Å². The Labute approximate surface area is 167 Å². The Hall–Kier alpha value is -3.78. The summed E-state index contributed by atoms with van der Waals surface area (Å²) >= 11 is 0. The van der Waals surface area contributed by atoms with E-state index >= 15 is 0 Å². The summed E-state index contributed by atoms with van der Waals surface area (Å²) in [4.78, 5) is 0. The molecule has 0 spiro atoms. The summed E-state index contributed by atoms with van der Waals surface area (Å²) in [6, 6.07) is 25.5. The molecule has 2 heterocycles. The maximum atomic E-state index is 6.48. The van der Waals surface area contributed by atoms with Crippen LogP contribution in [0.3, 0.4) is 0 Å². The zero-order chi connectivity index (χ0) is 19.5. The van der Waals surface area contributed by atoms with E-state index in [1.165, 1.54) is 27.1 Å². The first-order valence-corrected chi connectivity index (χ1v) is 9.87. The molecule has 138 valence electrons. The smallest absolute Gasteiger partial charge is 0.146 e. The molecular weight excluding hydrogens is 354 g/mol. The quantitative estimate of drug-likeness (QED) is 0.282. The first-order chi connectivity index (χ1) is 14.3. The van der Waals surface area contributed by atoms with Crippen LogP contribution in [-0.2, 0) is 0 Å². The van der Waals surface area contributed by atoms with Gasteiger partial charge in [0.25, 0.3) is 0 Å². The zero-order valence-electron chi connectivity index (χ0n) is 16.1. The SMILES string of the molecule is C=C/C(=C\C)n1c2ccccc2c2c3oc4ccccc4c3c3ccccc3c21. The molecule has 6 aromatic rings. The van der Waals surface area contributed by atoms with Crippen molar-refractivity contribution in [2.45, 2.75) is 6.92 Å². The Balaban J connectivity index is 2.06. The van der Waals surface area contributed by atoms with E-state index in [9.17, 15) is 0 Å². The summed E-state index contributed by atoms with van der Waals surface area (Å²) in [7, 11) is 0. The molecule has 0 bridgehead atoms. The summed E-state index contributed by atoms with van der Waals surface area (Å²) < 4.78 is 8.80. The summed E-state index contributed by atoms with van der Waals surface area (Å²) in [6.45, 7) is 6.12. The average molecular weight is 373 g/mol. The van der Waals surface area contributed by atoms with Crippen LogP contribution >= 0.6 is 0 Å². The van der Waals surface area contributed by atoms with Crippen molar-refractivity contribution in [2.75, 3.05) is 0 Å². The number of hydrogen-bond acceptors (Lipinski definition) is 1. The molecule has 2 nitrogen and oxygen atoms in total. The average Bonchev–Trinajstić information content (AvgIpc) is 3.32. The second kappa shape index (κ2) is 5.86. The number of fused-ring (bicyclic) bond motifs is 10. The predicted molar refractivity (Wildman–Crippen MR) is 124 cm³/mol. The lowest BCUT2D eigenvalue weighted by Crippen LogP contribution is -1.94. The molecular formula is C27H19NO. The van der Waals surface area contributed by atoms with Crippen LogP contribution in [0.5, 0.6) is 0 Å². The maximum absolute atomic E-state index is 6.48. The highest BCUT2D eigenvalue weighted by Crippen LogP contribution is 2.45.